The number of nitrogens with zero attached hydrogens (tertiary/aromatic N) is 4. The zero-order chi connectivity index (χ0) is 46.1. The van der Waals surface area contributed by atoms with Crippen molar-refractivity contribution in [2.45, 2.75) is 102 Å². The van der Waals surface area contributed by atoms with Gasteiger partial charge in [-0.1, -0.05) is 44.9 Å². The Morgan fingerprint density at radius 1 is 1.08 bits per heavy atom. The standard InChI is InChI=1S/C44H52F3N7O8S2/c1-25(2)34-24-63-40(50-34)33-21-37(31-17-18-36(60-6)26(3)38(31)49-33)61-30-20-35-39(55)51-43(42(57)52-64(58,59)53(4)5)22-27(43)13-10-8-7-9-11-16-32(41(56)54(35)23-30)48-28-14-12-15-29(19-28)62-44(45,46)47/h10,12-15,17-19,21,24-25,27,30,32,35,48H,7-9,11,16,20,22-23H2,1-6H3,(H,51,55)(H,52,57)/b13-10-/t27-,30-,32+,35+,43-/m1/s1. The molecule has 15 nitrogen and oxygen atoms in total. The number of ether oxygens (including phenoxy) is 3. The number of carbonyl (C=O) groups is 3. The average molecular weight is 928 g/mol. The lowest BCUT2D eigenvalue weighted by Gasteiger charge is -2.30. The van der Waals surface area contributed by atoms with Crippen molar-refractivity contribution in [1.82, 2.24) is 29.2 Å². The number of aryl methyl sites for hydroxylation is 1. The first kappa shape index (κ1) is 46.5. The monoisotopic (exact) mass is 927 g/mol. The summed E-state index contributed by atoms with van der Waals surface area (Å²) in [4.78, 5) is 54.7. The summed E-state index contributed by atoms with van der Waals surface area (Å²) in [6, 6.07) is 8.37. The molecule has 2 aromatic carbocycles. The Kier molecular flexibility index (Phi) is 13.5. The molecule has 2 fully saturated rings. The van der Waals surface area contributed by atoms with Gasteiger partial charge < -0.3 is 29.7 Å². The van der Waals surface area contributed by atoms with Gasteiger partial charge in [-0.05, 0) is 62.8 Å². The highest BCUT2D eigenvalue weighted by Crippen LogP contribution is 2.46. The molecule has 4 heterocycles. The number of nitrogens with one attached hydrogen (secondary N) is 3. The molecule has 3 aliphatic rings. The molecule has 0 radical (unpaired) electrons. The van der Waals surface area contributed by atoms with Gasteiger partial charge in [0.05, 0.1) is 24.9 Å². The molecule has 2 aliphatic heterocycles. The Labute approximate surface area is 373 Å². The van der Waals surface area contributed by atoms with Crippen molar-refractivity contribution in [2.24, 2.45) is 5.92 Å². The maximum atomic E-state index is 14.9. The second-order valence-corrected chi connectivity index (χ2v) is 19.6. The van der Waals surface area contributed by atoms with E-state index in [9.17, 15) is 36.0 Å². The smallest absolute Gasteiger partial charge is 0.496 e. The van der Waals surface area contributed by atoms with Gasteiger partial charge in [-0.25, -0.2) is 14.7 Å². The SMILES string of the molecule is COc1ccc2c(O[C@@H]3C[C@H]4C(=O)N[C@]5(C(=O)NS(=O)(=O)N(C)C)C[C@H]5/C=C\CCCCC[C@H](Nc5cccc(OC(F)(F)F)c5)C(=O)N4C3)cc(-c3nc(C(C)C)cs3)nc2c1C. The van der Waals surface area contributed by atoms with E-state index in [1.54, 1.807) is 25.3 Å². The van der Waals surface area contributed by atoms with Gasteiger partial charge in [0.2, 0.25) is 11.8 Å². The highest BCUT2D eigenvalue weighted by molar-refractivity contribution is 7.87. The molecule has 4 aromatic rings. The Morgan fingerprint density at radius 3 is 2.56 bits per heavy atom. The Balaban J connectivity index is 1.27. The predicted octanol–water partition coefficient (Wildman–Crippen LogP) is 6.84. The van der Waals surface area contributed by atoms with Crippen molar-refractivity contribution in [3.63, 3.8) is 0 Å². The number of benzene rings is 2. The molecule has 2 aromatic heterocycles. The van der Waals surface area contributed by atoms with Crippen LogP contribution in [0, 0.1) is 12.8 Å². The van der Waals surface area contributed by atoms with Gasteiger partial charge in [-0.15, -0.1) is 24.5 Å². The van der Waals surface area contributed by atoms with Gasteiger partial charge in [0.15, 0.2) is 0 Å². The quantitative estimate of drug-likeness (QED) is 0.134. The third-order valence-corrected chi connectivity index (χ3v) is 14.0. The maximum absolute atomic E-state index is 14.9. The van der Waals surface area contributed by atoms with Crippen LogP contribution in [0.25, 0.3) is 21.6 Å². The van der Waals surface area contributed by atoms with Crippen LogP contribution in [0.5, 0.6) is 17.2 Å². The van der Waals surface area contributed by atoms with Gasteiger partial charge in [0.25, 0.3) is 5.91 Å². The van der Waals surface area contributed by atoms with Crippen LogP contribution in [0.4, 0.5) is 18.9 Å². The number of alkyl halides is 3. The van der Waals surface area contributed by atoms with Crippen molar-refractivity contribution in [1.29, 1.82) is 0 Å². The first-order valence-electron chi connectivity index (χ1n) is 21.1. The molecule has 7 rings (SSSR count). The van der Waals surface area contributed by atoms with Crippen LogP contribution >= 0.6 is 11.3 Å². The van der Waals surface area contributed by atoms with Gasteiger partial charge in [-0.2, -0.15) is 12.7 Å². The van der Waals surface area contributed by atoms with Crippen LogP contribution in [-0.4, -0.2) is 103 Å². The summed E-state index contributed by atoms with van der Waals surface area (Å²) in [5.41, 5.74) is 1.37. The van der Waals surface area contributed by atoms with Gasteiger partial charge in [-0.3, -0.25) is 14.4 Å². The largest absolute Gasteiger partial charge is 0.573 e. The normalized spacial score (nSPS) is 23.7. The van der Waals surface area contributed by atoms with Gasteiger partial charge in [0.1, 0.15) is 51.7 Å². The second-order valence-electron chi connectivity index (χ2n) is 16.8. The Morgan fingerprint density at radius 2 is 1.86 bits per heavy atom. The molecule has 3 amide bonds. The second kappa shape index (κ2) is 18.6. The van der Waals surface area contributed by atoms with Crippen LogP contribution < -0.4 is 29.6 Å². The fourth-order valence-corrected chi connectivity index (χ4v) is 9.64. The number of hydrogen-bond acceptors (Lipinski definition) is 12. The van der Waals surface area contributed by atoms with Gasteiger partial charge in [0, 0.05) is 60.6 Å². The number of aromatic nitrogens is 2. The molecule has 0 unspecified atom stereocenters. The number of halogens is 3. The fourth-order valence-electron chi connectivity index (χ4n) is 8.11. The zero-order valence-electron chi connectivity index (χ0n) is 36.3. The minimum atomic E-state index is -4.94. The molecule has 1 saturated heterocycles. The minimum absolute atomic E-state index is 0.0313. The van der Waals surface area contributed by atoms with Crippen LogP contribution in [0.3, 0.4) is 0 Å². The molecule has 64 heavy (non-hydrogen) atoms. The Hall–Kier alpha value is -5.47. The molecule has 0 spiro atoms. The van der Waals surface area contributed by atoms with E-state index in [0.717, 1.165) is 34.1 Å². The number of carbonyl (C=O) groups excluding carboxylic acids is 3. The third kappa shape index (κ3) is 10.2. The number of methoxy groups -OCH3 is 1. The molecular formula is C44H52F3N7O8S2. The summed E-state index contributed by atoms with van der Waals surface area (Å²) < 4.78 is 84.8. The summed E-state index contributed by atoms with van der Waals surface area (Å²) in [5.74, 6) is -1.94. The van der Waals surface area contributed by atoms with Crippen LogP contribution in [0.15, 0.2) is 60.0 Å². The number of fused-ring (bicyclic) bond motifs is 3. The minimum Gasteiger partial charge on any atom is -0.496 e. The van der Waals surface area contributed by atoms with E-state index in [2.05, 4.69) is 20.1 Å². The van der Waals surface area contributed by atoms with Crippen LogP contribution in [0.1, 0.15) is 76.0 Å². The number of pyridine rings is 1. The lowest BCUT2D eigenvalue weighted by atomic mass is 10.0. The first-order chi connectivity index (χ1) is 30.3. The summed E-state index contributed by atoms with van der Waals surface area (Å²) in [6.07, 6.45) is 0.914. The van der Waals surface area contributed by atoms with Crippen LogP contribution in [0.2, 0.25) is 0 Å². The van der Waals surface area contributed by atoms with E-state index >= 15 is 0 Å². The van der Waals surface area contributed by atoms with Crippen molar-refractivity contribution in [3.8, 4) is 28.0 Å². The molecule has 3 N–H and O–H groups in total. The zero-order valence-corrected chi connectivity index (χ0v) is 38.0. The van der Waals surface area contributed by atoms with Crippen LogP contribution in [-0.2, 0) is 24.6 Å². The van der Waals surface area contributed by atoms with Crippen molar-refractivity contribution < 1.29 is 50.2 Å². The number of allylic oxidation sites excluding steroid dienone is 1. The molecule has 1 aliphatic carbocycles. The molecular weight excluding hydrogens is 876 g/mol. The van der Waals surface area contributed by atoms with E-state index in [1.807, 2.05) is 38.3 Å². The lowest BCUT2D eigenvalue weighted by Crippen LogP contribution is -2.58. The fraction of sp³-hybridized carbons (Fsp3) is 0.477. The lowest BCUT2D eigenvalue weighted by molar-refractivity contribution is -0.274. The van der Waals surface area contributed by atoms with Crippen molar-refractivity contribution in [3.05, 3.63) is 71.3 Å². The topological polar surface area (TPSA) is 181 Å². The number of hydrogen-bond donors (Lipinski definition) is 3. The van der Waals surface area contributed by atoms with Crippen molar-refractivity contribution >= 4 is 55.9 Å². The van der Waals surface area contributed by atoms with E-state index in [-0.39, 0.29) is 37.4 Å². The van der Waals surface area contributed by atoms with Crippen molar-refractivity contribution in [2.75, 3.05) is 33.1 Å². The highest BCUT2D eigenvalue weighted by Gasteiger charge is 2.61. The third-order valence-electron chi connectivity index (χ3n) is 11.7. The molecule has 5 atom stereocenters. The number of thiazole rings is 1. The van der Waals surface area contributed by atoms with Gasteiger partial charge >= 0.3 is 16.6 Å². The first-order valence-corrected chi connectivity index (χ1v) is 23.4. The van der Waals surface area contributed by atoms with E-state index < -0.39 is 69.7 Å². The summed E-state index contributed by atoms with van der Waals surface area (Å²) in [5, 5.41) is 9.25. The average Bonchev–Trinajstić information content (AvgIpc) is 3.51. The molecule has 1 saturated carbocycles. The van der Waals surface area contributed by atoms with E-state index in [0.29, 0.717) is 52.4 Å². The summed E-state index contributed by atoms with van der Waals surface area (Å²) in [7, 11) is -0.132. The Bertz CT molecular complexity index is 2550. The molecule has 0 bridgehead atoms. The predicted molar refractivity (Wildman–Crippen MR) is 235 cm³/mol. The maximum Gasteiger partial charge on any atom is 0.573 e. The molecule has 344 valence electrons. The number of amides is 3. The summed E-state index contributed by atoms with van der Waals surface area (Å²) in [6.45, 7) is 5.88. The number of rotatable bonds is 11. The highest BCUT2D eigenvalue weighted by atomic mass is 32.2. The number of anilines is 1. The van der Waals surface area contributed by atoms with E-state index in [1.165, 1.54) is 42.5 Å². The van der Waals surface area contributed by atoms with E-state index in [4.69, 9.17) is 19.4 Å². The molecule has 20 heteroatoms. The summed E-state index contributed by atoms with van der Waals surface area (Å²) >= 11 is 1.44.